The first-order valence-corrected chi connectivity index (χ1v) is 8.97. The molecule has 0 spiro atoms. The second kappa shape index (κ2) is 11.2. The number of benzene rings is 1. The van der Waals surface area contributed by atoms with E-state index in [1.165, 1.54) is 43.5 Å². The number of likely N-dealkylation sites (tertiary alicyclic amines) is 1. The van der Waals surface area contributed by atoms with Crippen LogP contribution in [0.5, 0.6) is 0 Å². The van der Waals surface area contributed by atoms with E-state index < -0.39 is 0 Å². The van der Waals surface area contributed by atoms with Crippen molar-refractivity contribution < 1.29 is 4.74 Å². The first-order valence-electron chi connectivity index (χ1n) is 8.97. The van der Waals surface area contributed by atoms with Crippen LogP contribution in [0.15, 0.2) is 35.9 Å². The van der Waals surface area contributed by atoms with E-state index in [0.717, 1.165) is 19.1 Å². The molecule has 142 valence electrons. The smallest absolute Gasteiger partial charge is 0.0589 e. The van der Waals surface area contributed by atoms with Crippen LogP contribution in [0.25, 0.3) is 6.08 Å². The molecule has 1 aliphatic heterocycles. The van der Waals surface area contributed by atoms with Gasteiger partial charge in [-0.3, -0.25) is 0 Å². The molecular formula is C20H32Cl2N2O. The number of hydrogen-bond donors (Lipinski definition) is 1. The fraction of sp³-hybridized carbons (Fsp3) is 0.600. The average Bonchev–Trinajstić information content (AvgIpc) is 3.34. The maximum Gasteiger partial charge on any atom is 0.0589 e. The van der Waals surface area contributed by atoms with Gasteiger partial charge in [0.1, 0.15) is 0 Å². The fourth-order valence-electron chi connectivity index (χ4n) is 3.65. The third-order valence-electron chi connectivity index (χ3n) is 5.22. The SMILES string of the molecule is COCCN1CCC(NC2CC2C(C)=Cc2ccccc2)CC1.Cl.Cl. The highest BCUT2D eigenvalue weighted by molar-refractivity contribution is 5.85. The van der Waals surface area contributed by atoms with Gasteiger partial charge in [-0.05, 0) is 50.8 Å². The van der Waals surface area contributed by atoms with Crippen LogP contribution in [-0.2, 0) is 4.74 Å². The predicted octanol–water partition coefficient (Wildman–Crippen LogP) is 4.02. The molecule has 2 fully saturated rings. The van der Waals surface area contributed by atoms with Crippen LogP contribution in [0, 0.1) is 5.92 Å². The van der Waals surface area contributed by atoms with Gasteiger partial charge in [0, 0.05) is 25.7 Å². The van der Waals surface area contributed by atoms with E-state index >= 15 is 0 Å². The molecule has 0 amide bonds. The number of hydrogen-bond acceptors (Lipinski definition) is 3. The van der Waals surface area contributed by atoms with E-state index in [-0.39, 0.29) is 24.8 Å². The third-order valence-corrected chi connectivity index (χ3v) is 5.22. The zero-order valence-electron chi connectivity index (χ0n) is 15.3. The topological polar surface area (TPSA) is 24.5 Å². The highest BCUT2D eigenvalue weighted by Crippen LogP contribution is 2.38. The third kappa shape index (κ3) is 6.92. The molecule has 1 saturated heterocycles. The van der Waals surface area contributed by atoms with Crippen LogP contribution in [0.4, 0.5) is 0 Å². The number of piperidine rings is 1. The minimum Gasteiger partial charge on any atom is -0.383 e. The van der Waals surface area contributed by atoms with Crippen molar-refractivity contribution in [3.8, 4) is 0 Å². The van der Waals surface area contributed by atoms with Crippen LogP contribution in [-0.4, -0.2) is 50.3 Å². The van der Waals surface area contributed by atoms with Gasteiger partial charge >= 0.3 is 0 Å². The lowest BCUT2D eigenvalue weighted by molar-refractivity contribution is 0.125. The van der Waals surface area contributed by atoms with Crippen LogP contribution in [0.3, 0.4) is 0 Å². The normalized spacial score (nSPS) is 24.3. The Bertz CT molecular complexity index is 516. The molecule has 2 unspecified atom stereocenters. The standard InChI is InChI=1S/C20H30N2O.2ClH/c1-16(14-17-6-4-3-5-7-17)19-15-20(19)21-18-8-10-22(11-9-18)12-13-23-2;;/h3-7,14,18-21H,8-13,15H2,1-2H3;2*1H. The number of ether oxygens (including phenoxy) is 1. The van der Waals surface area contributed by atoms with Gasteiger partial charge in [-0.15, -0.1) is 24.8 Å². The first-order chi connectivity index (χ1) is 11.3. The summed E-state index contributed by atoms with van der Waals surface area (Å²) in [6.07, 6.45) is 6.20. The van der Waals surface area contributed by atoms with Crippen LogP contribution >= 0.6 is 24.8 Å². The monoisotopic (exact) mass is 386 g/mol. The highest BCUT2D eigenvalue weighted by atomic mass is 35.5. The highest BCUT2D eigenvalue weighted by Gasteiger charge is 2.39. The van der Waals surface area contributed by atoms with Gasteiger partial charge in [-0.25, -0.2) is 0 Å². The Hall–Kier alpha value is -0.580. The second-order valence-electron chi connectivity index (χ2n) is 7.02. The molecule has 3 nitrogen and oxygen atoms in total. The molecule has 1 N–H and O–H groups in total. The van der Waals surface area contributed by atoms with Crippen molar-refractivity contribution in [2.75, 3.05) is 33.4 Å². The van der Waals surface area contributed by atoms with Gasteiger partial charge in [-0.2, -0.15) is 0 Å². The van der Waals surface area contributed by atoms with Gasteiger partial charge in [0.15, 0.2) is 0 Å². The number of methoxy groups -OCH3 is 1. The molecule has 0 radical (unpaired) electrons. The van der Waals surface area contributed by atoms with Crippen LogP contribution < -0.4 is 5.32 Å². The van der Waals surface area contributed by atoms with Crippen LogP contribution in [0.2, 0.25) is 0 Å². The van der Waals surface area contributed by atoms with E-state index in [4.69, 9.17) is 4.74 Å². The van der Waals surface area contributed by atoms with Crippen molar-refractivity contribution >= 4 is 30.9 Å². The van der Waals surface area contributed by atoms with E-state index in [2.05, 4.69) is 53.5 Å². The van der Waals surface area contributed by atoms with E-state index in [1.54, 1.807) is 7.11 Å². The molecule has 0 bridgehead atoms. The fourth-order valence-corrected chi connectivity index (χ4v) is 3.65. The Kier molecular flexibility index (Phi) is 10.1. The predicted molar refractivity (Wildman–Crippen MR) is 111 cm³/mol. The summed E-state index contributed by atoms with van der Waals surface area (Å²) < 4.78 is 5.17. The van der Waals surface area contributed by atoms with Gasteiger partial charge < -0.3 is 15.0 Å². The molecule has 1 aliphatic carbocycles. The van der Waals surface area contributed by atoms with Gasteiger partial charge in [0.25, 0.3) is 0 Å². The van der Waals surface area contributed by atoms with E-state index in [9.17, 15) is 0 Å². The van der Waals surface area contributed by atoms with Crippen molar-refractivity contribution in [2.24, 2.45) is 5.92 Å². The number of nitrogens with zero attached hydrogens (tertiary/aromatic N) is 1. The van der Waals surface area contributed by atoms with Crippen LogP contribution in [0.1, 0.15) is 31.7 Å². The summed E-state index contributed by atoms with van der Waals surface area (Å²) in [5.74, 6) is 0.738. The molecular weight excluding hydrogens is 355 g/mol. The molecule has 5 heteroatoms. The molecule has 0 aromatic heterocycles. The summed E-state index contributed by atoms with van der Waals surface area (Å²) in [6.45, 7) is 6.63. The van der Waals surface area contributed by atoms with Crippen molar-refractivity contribution in [1.82, 2.24) is 10.2 Å². The lowest BCUT2D eigenvalue weighted by Crippen LogP contribution is -2.44. The minimum absolute atomic E-state index is 0. The second-order valence-corrected chi connectivity index (χ2v) is 7.02. The average molecular weight is 387 g/mol. The van der Waals surface area contributed by atoms with Crippen molar-refractivity contribution in [1.29, 1.82) is 0 Å². The van der Waals surface area contributed by atoms with Gasteiger partial charge in [-0.1, -0.05) is 42.0 Å². The summed E-state index contributed by atoms with van der Waals surface area (Å²) in [5, 5.41) is 3.89. The minimum atomic E-state index is 0. The molecule has 1 aromatic rings. The maximum atomic E-state index is 5.17. The summed E-state index contributed by atoms with van der Waals surface area (Å²) >= 11 is 0. The molecule has 2 aliphatic rings. The van der Waals surface area contributed by atoms with Crippen molar-refractivity contribution in [3.63, 3.8) is 0 Å². The maximum absolute atomic E-state index is 5.17. The van der Waals surface area contributed by atoms with Gasteiger partial charge in [0.2, 0.25) is 0 Å². The van der Waals surface area contributed by atoms with E-state index in [0.29, 0.717) is 12.1 Å². The Morgan fingerprint density at radius 3 is 2.52 bits per heavy atom. The number of halogens is 2. The zero-order chi connectivity index (χ0) is 16.1. The van der Waals surface area contributed by atoms with Gasteiger partial charge in [0.05, 0.1) is 6.61 Å². The van der Waals surface area contributed by atoms with Crippen molar-refractivity contribution in [2.45, 2.75) is 38.3 Å². The molecule has 25 heavy (non-hydrogen) atoms. The Balaban J connectivity index is 0.00000156. The van der Waals surface area contributed by atoms with Crippen molar-refractivity contribution in [3.05, 3.63) is 41.5 Å². The zero-order valence-corrected chi connectivity index (χ0v) is 17.0. The Labute approximate surface area is 165 Å². The molecule has 1 aromatic carbocycles. The Morgan fingerprint density at radius 1 is 1.20 bits per heavy atom. The van der Waals surface area contributed by atoms with E-state index in [1.807, 2.05) is 0 Å². The molecule has 3 rings (SSSR count). The Morgan fingerprint density at radius 2 is 1.88 bits per heavy atom. The quantitative estimate of drug-likeness (QED) is 0.765. The number of rotatable bonds is 7. The lowest BCUT2D eigenvalue weighted by atomic mass is 10.0. The lowest BCUT2D eigenvalue weighted by Gasteiger charge is -2.32. The number of nitrogens with one attached hydrogen (secondary N) is 1. The molecule has 1 saturated carbocycles. The summed E-state index contributed by atoms with van der Waals surface area (Å²) in [7, 11) is 1.78. The summed E-state index contributed by atoms with van der Waals surface area (Å²) in [5.41, 5.74) is 2.84. The molecule has 1 heterocycles. The summed E-state index contributed by atoms with van der Waals surface area (Å²) in [6, 6.07) is 12.1. The largest absolute Gasteiger partial charge is 0.383 e. The first kappa shape index (κ1) is 22.5. The summed E-state index contributed by atoms with van der Waals surface area (Å²) in [4.78, 5) is 2.52. The molecule has 2 atom stereocenters.